The quantitative estimate of drug-likeness (QED) is 0.468. The van der Waals surface area contributed by atoms with Gasteiger partial charge in [0.1, 0.15) is 6.04 Å². The molecule has 34 heavy (non-hydrogen) atoms. The molecular formula is C23H23N3O7S. The Kier molecular flexibility index (Phi) is 6.73. The molecule has 0 fully saturated rings. The lowest BCUT2D eigenvalue weighted by molar-refractivity contribution is -0.117. The topological polar surface area (TPSA) is 136 Å². The van der Waals surface area contributed by atoms with Gasteiger partial charge in [0.2, 0.25) is 5.91 Å². The molecule has 1 atom stereocenters. The maximum Gasteiger partial charge on any atom is 0.287 e. The Morgan fingerprint density at radius 2 is 1.65 bits per heavy atom. The van der Waals surface area contributed by atoms with Crippen molar-refractivity contribution in [3.05, 3.63) is 66.6 Å². The highest BCUT2D eigenvalue weighted by Crippen LogP contribution is 2.32. The summed E-state index contributed by atoms with van der Waals surface area (Å²) >= 11 is 0. The first kappa shape index (κ1) is 23.2. The van der Waals surface area contributed by atoms with Gasteiger partial charge in [0.25, 0.3) is 15.9 Å². The second-order valence-electron chi connectivity index (χ2n) is 7.50. The van der Waals surface area contributed by atoms with Crippen molar-refractivity contribution in [2.75, 3.05) is 23.3 Å². The van der Waals surface area contributed by atoms with Crippen LogP contribution in [0.25, 0.3) is 0 Å². The molecule has 1 aromatic heterocycles. The fourth-order valence-electron chi connectivity index (χ4n) is 3.14. The van der Waals surface area contributed by atoms with Gasteiger partial charge < -0.3 is 24.5 Å². The number of benzene rings is 2. The molecule has 2 amide bonds. The van der Waals surface area contributed by atoms with Crippen molar-refractivity contribution in [2.45, 2.75) is 24.3 Å². The molecule has 4 rings (SSSR count). The summed E-state index contributed by atoms with van der Waals surface area (Å²) in [7, 11) is -3.87. The lowest BCUT2D eigenvalue weighted by Crippen LogP contribution is -2.41. The summed E-state index contributed by atoms with van der Waals surface area (Å²) in [6, 6.07) is 12.8. The Labute approximate surface area is 196 Å². The standard InChI is InChI=1S/C23H23N3O7S/c1-15(24-23(28)20-4-2-11-32-20)22(27)25-16-5-7-17(8-6-16)26-34(29,30)18-9-10-19-21(14-18)33-13-3-12-31-19/h2,4-11,14-15,26H,3,12-13H2,1H3,(H,24,28)(H,25,27)/t15-/m0/s1. The number of carbonyl (C=O) groups is 2. The second kappa shape index (κ2) is 9.87. The number of nitrogens with one attached hydrogen (secondary N) is 3. The average Bonchev–Trinajstić information content (AvgIpc) is 3.25. The molecule has 2 aromatic carbocycles. The van der Waals surface area contributed by atoms with Crippen LogP contribution in [0.2, 0.25) is 0 Å². The first-order valence-electron chi connectivity index (χ1n) is 10.5. The summed E-state index contributed by atoms with van der Waals surface area (Å²) in [6.45, 7) is 2.49. The third-order valence-electron chi connectivity index (χ3n) is 4.92. The highest BCUT2D eigenvalue weighted by Gasteiger charge is 2.20. The van der Waals surface area contributed by atoms with Crippen LogP contribution in [0.3, 0.4) is 0 Å². The first-order valence-corrected chi connectivity index (χ1v) is 12.0. The molecule has 0 radical (unpaired) electrons. The molecule has 1 aliphatic heterocycles. The monoisotopic (exact) mass is 485 g/mol. The van der Waals surface area contributed by atoms with Crippen LogP contribution in [-0.4, -0.2) is 39.5 Å². The van der Waals surface area contributed by atoms with E-state index in [2.05, 4.69) is 15.4 Å². The van der Waals surface area contributed by atoms with Gasteiger partial charge in [-0.2, -0.15) is 0 Å². The maximum absolute atomic E-state index is 12.8. The van der Waals surface area contributed by atoms with E-state index in [1.54, 1.807) is 24.3 Å². The van der Waals surface area contributed by atoms with Crippen LogP contribution in [-0.2, 0) is 14.8 Å². The van der Waals surface area contributed by atoms with Crippen LogP contribution in [0, 0.1) is 0 Å². The molecule has 0 saturated carbocycles. The van der Waals surface area contributed by atoms with E-state index >= 15 is 0 Å². The van der Waals surface area contributed by atoms with Crippen LogP contribution >= 0.6 is 0 Å². The number of amides is 2. The van der Waals surface area contributed by atoms with E-state index in [0.717, 1.165) is 0 Å². The zero-order valence-corrected chi connectivity index (χ0v) is 19.1. The fourth-order valence-corrected chi connectivity index (χ4v) is 4.21. The molecule has 0 bridgehead atoms. The molecule has 0 saturated heterocycles. The molecule has 178 valence electrons. The van der Waals surface area contributed by atoms with Crippen LogP contribution < -0.4 is 24.8 Å². The van der Waals surface area contributed by atoms with E-state index in [1.165, 1.54) is 43.5 Å². The summed E-state index contributed by atoms with van der Waals surface area (Å²) in [5.41, 5.74) is 0.743. The van der Waals surface area contributed by atoms with Crippen LogP contribution in [0.1, 0.15) is 23.9 Å². The number of fused-ring (bicyclic) bond motifs is 1. The van der Waals surface area contributed by atoms with E-state index in [1.807, 2.05) is 0 Å². The Morgan fingerprint density at radius 1 is 0.941 bits per heavy atom. The second-order valence-corrected chi connectivity index (χ2v) is 9.19. The number of anilines is 2. The number of furan rings is 1. The number of hydrogen-bond donors (Lipinski definition) is 3. The number of ether oxygens (including phenoxy) is 2. The van der Waals surface area contributed by atoms with Crippen molar-refractivity contribution in [1.29, 1.82) is 0 Å². The number of hydrogen-bond acceptors (Lipinski definition) is 7. The Bertz CT molecular complexity index is 1270. The molecular weight excluding hydrogens is 462 g/mol. The molecule has 0 spiro atoms. The predicted molar refractivity (Wildman–Crippen MR) is 124 cm³/mol. The van der Waals surface area contributed by atoms with Crippen LogP contribution in [0.15, 0.2) is 70.2 Å². The van der Waals surface area contributed by atoms with Gasteiger partial charge in [-0.25, -0.2) is 8.42 Å². The van der Waals surface area contributed by atoms with Gasteiger partial charge in [-0.1, -0.05) is 0 Å². The van der Waals surface area contributed by atoms with Gasteiger partial charge in [0, 0.05) is 23.9 Å². The van der Waals surface area contributed by atoms with E-state index in [9.17, 15) is 18.0 Å². The third-order valence-corrected chi connectivity index (χ3v) is 6.30. The van der Waals surface area contributed by atoms with Crippen molar-refractivity contribution >= 4 is 33.2 Å². The molecule has 2 heterocycles. The largest absolute Gasteiger partial charge is 0.490 e. The zero-order valence-electron chi connectivity index (χ0n) is 18.2. The summed E-state index contributed by atoms with van der Waals surface area (Å²) < 4.78 is 44.2. The lowest BCUT2D eigenvalue weighted by Gasteiger charge is -2.14. The molecule has 1 aliphatic rings. The van der Waals surface area contributed by atoms with Crippen molar-refractivity contribution in [3.63, 3.8) is 0 Å². The van der Waals surface area contributed by atoms with Gasteiger partial charge in [0.05, 0.1) is 24.4 Å². The normalized spacial score (nSPS) is 13.9. The Morgan fingerprint density at radius 3 is 2.35 bits per heavy atom. The number of carbonyl (C=O) groups excluding carboxylic acids is 2. The first-order chi connectivity index (χ1) is 16.3. The molecule has 0 unspecified atom stereocenters. The fraction of sp³-hybridized carbons (Fsp3) is 0.217. The van der Waals surface area contributed by atoms with Gasteiger partial charge in [-0.15, -0.1) is 0 Å². The van der Waals surface area contributed by atoms with Crippen LogP contribution in [0.5, 0.6) is 11.5 Å². The minimum Gasteiger partial charge on any atom is -0.490 e. The predicted octanol–water partition coefficient (Wildman–Crippen LogP) is 3.00. The van der Waals surface area contributed by atoms with Crippen molar-refractivity contribution < 1.29 is 31.9 Å². The minimum atomic E-state index is -3.87. The molecule has 0 aliphatic carbocycles. The average molecular weight is 486 g/mol. The van der Waals surface area contributed by atoms with Crippen LogP contribution in [0.4, 0.5) is 11.4 Å². The number of sulfonamides is 1. The van der Waals surface area contributed by atoms with Gasteiger partial charge >= 0.3 is 0 Å². The van der Waals surface area contributed by atoms with E-state index < -0.39 is 27.9 Å². The summed E-state index contributed by atoms with van der Waals surface area (Å²) in [5, 5.41) is 5.20. The summed E-state index contributed by atoms with van der Waals surface area (Å²) in [6.07, 6.45) is 2.08. The minimum absolute atomic E-state index is 0.0373. The molecule has 10 nitrogen and oxygen atoms in total. The summed E-state index contributed by atoms with van der Waals surface area (Å²) in [4.78, 5) is 24.4. The highest BCUT2D eigenvalue weighted by molar-refractivity contribution is 7.92. The van der Waals surface area contributed by atoms with E-state index in [0.29, 0.717) is 42.5 Å². The van der Waals surface area contributed by atoms with E-state index in [-0.39, 0.29) is 10.7 Å². The SMILES string of the molecule is C[C@H](NC(=O)c1ccco1)C(=O)Nc1ccc(NS(=O)(=O)c2ccc3c(c2)OCCCO3)cc1. The lowest BCUT2D eigenvalue weighted by atomic mass is 10.2. The molecule has 3 aromatic rings. The zero-order chi connectivity index (χ0) is 24.1. The van der Waals surface area contributed by atoms with Gasteiger partial charge in [0.15, 0.2) is 17.3 Å². The van der Waals surface area contributed by atoms with Crippen molar-refractivity contribution in [2.24, 2.45) is 0 Å². The molecule has 3 N–H and O–H groups in total. The van der Waals surface area contributed by atoms with Crippen molar-refractivity contribution in [1.82, 2.24) is 5.32 Å². The third kappa shape index (κ3) is 5.49. The van der Waals surface area contributed by atoms with Gasteiger partial charge in [-0.05, 0) is 55.5 Å². The summed E-state index contributed by atoms with van der Waals surface area (Å²) in [5.74, 6) is 0.0373. The maximum atomic E-state index is 12.8. The Balaban J connectivity index is 1.37. The van der Waals surface area contributed by atoms with Crippen molar-refractivity contribution in [3.8, 4) is 11.5 Å². The van der Waals surface area contributed by atoms with Gasteiger partial charge in [-0.3, -0.25) is 14.3 Å². The molecule has 11 heteroatoms. The van der Waals surface area contributed by atoms with E-state index in [4.69, 9.17) is 13.9 Å². The highest BCUT2D eigenvalue weighted by atomic mass is 32.2. The number of rotatable bonds is 7. The smallest absolute Gasteiger partial charge is 0.287 e. The Hall–Kier alpha value is -3.99.